The van der Waals surface area contributed by atoms with Gasteiger partial charge in [0.05, 0.1) is 5.60 Å². The zero-order chi connectivity index (χ0) is 18.7. The molecule has 1 amide bonds. The molecule has 26 heavy (non-hydrogen) atoms. The van der Waals surface area contributed by atoms with Crippen LogP contribution in [0.5, 0.6) is 0 Å². The van der Waals surface area contributed by atoms with E-state index >= 15 is 0 Å². The Hall–Kier alpha value is -1.39. The van der Waals surface area contributed by atoms with Crippen molar-refractivity contribution < 1.29 is 9.90 Å². The average molecular weight is 359 g/mol. The van der Waals surface area contributed by atoms with Gasteiger partial charge in [0.2, 0.25) is 0 Å². The van der Waals surface area contributed by atoms with Crippen molar-refractivity contribution >= 4 is 5.91 Å². The zero-order valence-corrected chi connectivity index (χ0v) is 16.6. The molecule has 3 rings (SSSR count). The van der Waals surface area contributed by atoms with E-state index in [-0.39, 0.29) is 5.91 Å². The summed E-state index contributed by atoms with van der Waals surface area (Å²) in [6.45, 7) is 10.0. The molecule has 4 nitrogen and oxygen atoms in total. The molecule has 1 N–H and O–H groups in total. The second kappa shape index (κ2) is 8.10. The van der Waals surface area contributed by atoms with Gasteiger partial charge >= 0.3 is 0 Å². The van der Waals surface area contributed by atoms with Crippen LogP contribution in [0.1, 0.15) is 68.8 Å². The summed E-state index contributed by atoms with van der Waals surface area (Å²) in [6.07, 6.45) is 6.17. The van der Waals surface area contributed by atoms with E-state index < -0.39 is 5.60 Å². The zero-order valence-electron chi connectivity index (χ0n) is 16.6. The van der Waals surface area contributed by atoms with Crippen LogP contribution >= 0.6 is 0 Å². The molecular weight excluding hydrogens is 324 g/mol. The molecule has 1 atom stereocenters. The van der Waals surface area contributed by atoms with Crippen LogP contribution in [-0.4, -0.2) is 53.0 Å². The lowest BCUT2D eigenvalue weighted by Gasteiger charge is -2.42. The number of carbonyl (C=O) groups excluding carboxylic acids is 1. The van der Waals surface area contributed by atoms with Crippen molar-refractivity contribution in [2.75, 3.05) is 26.2 Å². The number of benzene rings is 1. The molecule has 2 saturated heterocycles. The molecule has 2 fully saturated rings. The van der Waals surface area contributed by atoms with Crippen molar-refractivity contribution in [3.05, 3.63) is 35.4 Å². The molecule has 0 bridgehead atoms. The first kappa shape index (κ1) is 19.4. The highest BCUT2D eigenvalue weighted by molar-refractivity contribution is 5.94. The number of piperidine rings is 2. The number of likely N-dealkylation sites (tertiary alicyclic amines) is 2. The summed E-state index contributed by atoms with van der Waals surface area (Å²) in [4.78, 5) is 17.5. The van der Waals surface area contributed by atoms with Gasteiger partial charge < -0.3 is 10.0 Å². The summed E-state index contributed by atoms with van der Waals surface area (Å²) >= 11 is 0. The van der Waals surface area contributed by atoms with E-state index in [0.717, 1.165) is 43.0 Å². The Labute approximate surface area is 158 Å². The van der Waals surface area contributed by atoms with Gasteiger partial charge in [-0.2, -0.15) is 0 Å². The highest BCUT2D eigenvalue weighted by atomic mass is 16.3. The highest BCUT2D eigenvalue weighted by Gasteiger charge is 2.30. The van der Waals surface area contributed by atoms with Gasteiger partial charge in [0.15, 0.2) is 0 Å². The standard InChI is InChI=1S/C22H34N2O2/c1-4-17-6-5-13-24(16-17)20-11-14-23(15-12-20)21(25)18-7-9-19(10-8-18)22(2,3)26/h7-10,17,20,26H,4-6,11-16H2,1-3H3/t17-/m1/s1. The van der Waals surface area contributed by atoms with E-state index in [1.165, 1.54) is 32.4 Å². The van der Waals surface area contributed by atoms with Crippen LogP contribution in [0.25, 0.3) is 0 Å². The van der Waals surface area contributed by atoms with Gasteiger partial charge in [-0.3, -0.25) is 9.69 Å². The van der Waals surface area contributed by atoms with Gasteiger partial charge in [-0.25, -0.2) is 0 Å². The lowest BCUT2D eigenvalue weighted by atomic mass is 9.92. The first-order valence-electron chi connectivity index (χ1n) is 10.2. The Bertz CT molecular complexity index is 598. The van der Waals surface area contributed by atoms with E-state index in [1.54, 1.807) is 13.8 Å². The first-order valence-corrected chi connectivity index (χ1v) is 10.2. The highest BCUT2D eigenvalue weighted by Crippen LogP contribution is 2.26. The van der Waals surface area contributed by atoms with E-state index in [0.29, 0.717) is 6.04 Å². The second-order valence-electron chi connectivity index (χ2n) is 8.57. The maximum absolute atomic E-state index is 12.8. The molecule has 0 aliphatic carbocycles. The van der Waals surface area contributed by atoms with Crippen molar-refractivity contribution in [3.8, 4) is 0 Å². The molecule has 0 aromatic heterocycles. The number of amides is 1. The second-order valence-corrected chi connectivity index (χ2v) is 8.57. The fraction of sp³-hybridized carbons (Fsp3) is 0.682. The van der Waals surface area contributed by atoms with E-state index in [4.69, 9.17) is 0 Å². The fourth-order valence-corrected chi connectivity index (χ4v) is 4.40. The minimum absolute atomic E-state index is 0.121. The van der Waals surface area contributed by atoms with Crippen LogP contribution in [0.4, 0.5) is 0 Å². The van der Waals surface area contributed by atoms with Gasteiger partial charge in [0, 0.05) is 31.2 Å². The molecule has 2 aliphatic rings. The molecule has 2 aliphatic heterocycles. The lowest BCUT2D eigenvalue weighted by molar-refractivity contribution is 0.0525. The van der Waals surface area contributed by atoms with Gasteiger partial charge in [-0.1, -0.05) is 25.5 Å². The van der Waals surface area contributed by atoms with Gasteiger partial charge in [0.1, 0.15) is 0 Å². The molecule has 4 heteroatoms. The average Bonchev–Trinajstić information content (AvgIpc) is 2.67. The third-order valence-electron chi connectivity index (χ3n) is 6.23. The van der Waals surface area contributed by atoms with Crippen LogP contribution in [-0.2, 0) is 5.60 Å². The van der Waals surface area contributed by atoms with Gasteiger partial charge in [-0.05, 0) is 69.7 Å². The molecule has 0 unspecified atom stereocenters. The van der Waals surface area contributed by atoms with E-state index in [9.17, 15) is 9.90 Å². The van der Waals surface area contributed by atoms with Crippen LogP contribution in [0.2, 0.25) is 0 Å². The monoisotopic (exact) mass is 358 g/mol. The summed E-state index contributed by atoms with van der Waals surface area (Å²) in [7, 11) is 0. The van der Waals surface area contributed by atoms with Gasteiger partial charge in [0.25, 0.3) is 5.91 Å². The summed E-state index contributed by atoms with van der Waals surface area (Å²) < 4.78 is 0. The molecule has 1 aromatic rings. The van der Waals surface area contributed by atoms with Crippen molar-refractivity contribution in [2.24, 2.45) is 5.92 Å². The van der Waals surface area contributed by atoms with Crippen LogP contribution < -0.4 is 0 Å². The number of hydrogen-bond acceptors (Lipinski definition) is 3. The molecule has 0 radical (unpaired) electrons. The summed E-state index contributed by atoms with van der Waals surface area (Å²) in [6, 6.07) is 8.05. The van der Waals surface area contributed by atoms with Crippen molar-refractivity contribution in [1.82, 2.24) is 9.80 Å². The Morgan fingerprint density at radius 2 is 1.77 bits per heavy atom. The number of hydrogen-bond donors (Lipinski definition) is 1. The normalized spacial score (nSPS) is 23.2. The molecule has 0 spiro atoms. The van der Waals surface area contributed by atoms with Crippen molar-refractivity contribution in [3.63, 3.8) is 0 Å². The topological polar surface area (TPSA) is 43.8 Å². The third kappa shape index (κ3) is 4.47. The third-order valence-corrected chi connectivity index (χ3v) is 6.23. The van der Waals surface area contributed by atoms with Crippen molar-refractivity contribution in [1.29, 1.82) is 0 Å². The predicted molar refractivity (Wildman–Crippen MR) is 105 cm³/mol. The van der Waals surface area contributed by atoms with Crippen molar-refractivity contribution in [2.45, 2.75) is 64.5 Å². The smallest absolute Gasteiger partial charge is 0.253 e. The lowest BCUT2D eigenvalue weighted by Crippen LogP contribution is -2.49. The SMILES string of the molecule is CC[C@@H]1CCCN(C2CCN(C(=O)c3ccc(C(C)(C)O)cc3)CC2)C1. The Morgan fingerprint density at radius 1 is 1.12 bits per heavy atom. The Morgan fingerprint density at radius 3 is 2.35 bits per heavy atom. The number of nitrogens with zero attached hydrogens (tertiary/aromatic N) is 2. The molecule has 1 aromatic carbocycles. The maximum atomic E-state index is 12.8. The van der Waals surface area contributed by atoms with Crippen LogP contribution in [0.3, 0.4) is 0 Å². The van der Waals surface area contributed by atoms with E-state index in [1.807, 2.05) is 29.2 Å². The molecule has 2 heterocycles. The fourth-order valence-electron chi connectivity index (χ4n) is 4.40. The molecular formula is C22H34N2O2. The maximum Gasteiger partial charge on any atom is 0.253 e. The van der Waals surface area contributed by atoms with Gasteiger partial charge in [-0.15, -0.1) is 0 Å². The Kier molecular flexibility index (Phi) is 6.03. The summed E-state index contributed by atoms with van der Waals surface area (Å²) in [5, 5.41) is 10.1. The van der Waals surface area contributed by atoms with E-state index in [2.05, 4.69) is 11.8 Å². The minimum atomic E-state index is -0.870. The van der Waals surface area contributed by atoms with Crippen LogP contribution in [0, 0.1) is 5.92 Å². The molecule has 0 saturated carbocycles. The first-order chi connectivity index (χ1) is 12.4. The Balaban J connectivity index is 1.55. The summed E-state index contributed by atoms with van der Waals surface area (Å²) in [5.74, 6) is 0.980. The predicted octanol–water partition coefficient (Wildman–Crippen LogP) is 3.64. The minimum Gasteiger partial charge on any atom is -0.386 e. The number of rotatable bonds is 4. The van der Waals surface area contributed by atoms with Crippen LogP contribution in [0.15, 0.2) is 24.3 Å². The number of carbonyl (C=O) groups is 1. The largest absolute Gasteiger partial charge is 0.386 e. The molecule has 144 valence electrons. The number of aliphatic hydroxyl groups is 1. The summed E-state index contributed by atoms with van der Waals surface area (Å²) in [5.41, 5.74) is 0.689. The quantitative estimate of drug-likeness (QED) is 0.894.